The number of carboxylic acid groups (broad SMARTS) is 1. The summed E-state index contributed by atoms with van der Waals surface area (Å²) in [6.07, 6.45) is 2.84. The Balaban J connectivity index is 2.10. The molecule has 90 valence electrons. The van der Waals surface area contributed by atoms with Crippen LogP contribution in [0.15, 0.2) is 5.38 Å². The van der Waals surface area contributed by atoms with E-state index in [1.165, 1.54) is 11.3 Å². The number of nitrogens with one attached hydrogen (secondary N) is 1. The van der Waals surface area contributed by atoms with Crippen LogP contribution in [0, 0.1) is 0 Å². The van der Waals surface area contributed by atoms with Gasteiger partial charge in [-0.1, -0.05) is 0 Å². The first-order valence-corrected chi connectivity index (χ1v) is 6.48. The Morgan fingerprint density at radius 1 is 1.53 bits per heavy atom. The summed E-state index contributed by atoms with van der Waals surface area (Å²) < 4.78 is 0. The van der Waals surface area contributed by atoms with E-state index in [0.717, 1.165) is 25.8 Å². The molecule has 3 rings (SSSR count). The van der Waals surface area contributed by atoms with Gasteiger partial charge in [-0.15, -0.1) is 11.3 Å². The van der Waals surface area contributed by atoms with Crippen molar-refractivity contribution in [1.29, 1.82) is 0 Å². The van der Waals surface area contributed by atoms with Crippen molar-refractivity contribution in [3.8, 4) is 0 Å². The number of amides is 1. The average molecular weight is 252 g/mol. The second kappa shape index (κ2) is 3.73. The van der Waals surface area contributed by atoms with Crippen molar-refractivity contribution in [1.82, 2.24) is 0 Å². The van der Waals surface area contributed by atoms with E-state index in [0.29, 0.717) is 16.3 Å². The van der Waals surface area contributed by atoms with Crippen LogP contribution in [0.2, 0.25) is 0 Å². The summed E-state index contributed by atoms with van der Waals surface area (Å²) in [6, 6.07) is -0.191. The molecule has 5 nitrogen and oxygen atoms in total. The Morgan fingerprint density at radius 2 is 2.35 bits per heavy atom. The van der Waals surface area contributed by atoms with Crippen LogP contribution < -0.4 is 10.2 Å². The number of thiophene rings is 1. The Hall–Kier alpha value is -1.56. The van der Waals surface area contributed by atoms with E-state index in [1.54, 1.807) is 5.38 Å². The zero-order chi connectivity index (χ0) is 12.0. The van der Waals surface area contributed by atoms with Crippen LogP contribution in [-0.4, -0.2) is 29.6 Å². The molecule has 3 heterocycles. The average Bonchev–Trinajstić information content (AvgIpc) is 2.73. The van der Waals surface area contributed by atoms with E-state index in [4.69, 9.17) is 5.11 Å². The maximum Gasteiger partial charge on any atom is 0.348 e. The molecule has 1 atom stereocenters. The Labute approximate surface area is 102 Å². The van der Waals surface area contributed by atoms with E-state index in [-0.39, 0.29) is 11.9 Å². The smallest absolute Gasteiger partial charge is 0.348 e. The number of carboxylic acids is 1. The normalized spacial score (nSPS) is 22.7. The summed E-state index contributed by atoms with van der Waals surface area (Å²) in [5, 5.41) is 13.7. The molecule has 1 fully saturated rings. The topological polar surface area (TPSA) is 69.6 Å². The molecule has 1 amide bonds. The van der Waals surface area contributed by atoms with Gasteiger partial charge in [0, 0.05) is 11.9 Å². The van der Waals surface area contributed by atoms with Gasteiger partial charge in [0.1, 0.15) is 10.9 Å². The van der Waals surface area contributed by atoms with Crippen molar-refractivity contribution in [2.24, 2.45) is 0 Å². The fourth-order valence-electron chi connectivity index (χ4n) is 2.57. The van der Waals surface area contributed by atoms with E-state index in [1.807, 2.05) is 4.90 Å². The molecule has 0 aliphatic carbocycles. The van der Waals surface area contributed by atoms with Gasteiger partial charge in [-0.25, -0.2) is 4.79 Å². The fraction of sp³-hybridized carbons (Fsp3) is 0.455. The molecule has 2 aliphatic heterocycles. The number of carbonyl (C=O) groups is 2. The first-order valence-electron chi connectivity index (χ1n) is 5.61. The Kier molecular flexibility index (Phi) is 2.32. The maximum atomic E-state index is 11.9. The Bertz CT molecular complexity index is 497. The predicted octanol–water partition coefficient (Wildman–Crippen LogP) is 1.76. The minimum absolute atomic E-state index is 0.00746. The number of nitrogens with zero attached hydrogens (tertiary/aromatic N) is 1. The summed E-state index contributed by atoms with van der Waals surface area (Å²) >= 11 is 1.18. The first-order chi connectivity index (χ1) is 8.18. The molecule has 1 aromatic rings. The second-order valence-electron chi connectivity index (χ2n) is 4.33. The third-order valence-electron chi connectivity index (χ3n) is 3.31. The first kappa shape index (κ1) is 10.6. The van der Waals surface area contributed by atoms with Gasteiger partial charge in [0.15, 0.2) is 0 Å². The minimum atomic E-state index is -0.920. The van der Waals surface area contributed by atoms with Crippen LogP contribution >= 0.6 is 11.3 Å². The number of hydrogen-bond donors (Lipinski definition) is 2. The van der Waals surface area contributed by atoms with E-state index < -0.39 is 5.97 Å². The van der Waals surface area contributed by atoms with Gasteiger partial charge in [0.05, 0.1) is 11.4 Å². The lowest BCUT2D eigenvalue weighted by molar-refractivity contribution is -0.118. The number of rotatable bonds is 1. The summed E-state index contributed by atoms with van der Waals surface area (Å²) in [5.41, 5.74) is 1.35. The number of anilines is 2. The van der Waals surface area contributed by atoms with Crippen molar-refractivity contribution in [3.05, 3.63) is 10.3 Å². The molecule has 6 heteroatoms. The van der Waals surface area contributed by atoms with Crippen LogP contribution in [-0.2, 0) is 4.79 Å². The monoisotopic (exact) mass is 252 g/mol. The third kappa shape index (κ3) is 1.51. The largest absolute Gasteiger partial charge is 0.477 e. The van der Waals surface area contributed by atoms with Gasteiger partial charge >= 0.3 is 5.97 Å². The number of aromatic carboxylic acids is 1. The van der Waals surface area contributed by atoms with Gasteiger partial charge in [-0.3, -0.25) is 4.79 Å². The maximum absolute atomic E-state index is 11.9. The highest BCUT2D eigenvalue weighted by Crippen LogP contribution is 2.42. The lowest BCUT2D eigenvalue weighted by Crippen LogP contribution is -2.50. The van der Waals surface area contributed by atoms with Gasteiger partial charge < -0.3 is 15.3 Å². The molecular weight excluding hydrogens is 240 g/mol. The molecule has 0 bridgehead atoms. The van der Waals surface area contributed by atoms with E-state index >= 15 is 0 Å². The van der Waals surface area contributed by atoms with E-state index in [9.17, 15) is 9.59 Å². The summed E-state index contributed by atoms with van der Waals surface area (Å²) in [6.45, 7) is 0.766. The van der Waals surface area contributed by atoms with Gasteiger partial charge in [-0.05, 0) is 19.3 Å². The highest BCUT2D eigenvalue weighted by Gasteiger charge is 2.38. The van der Waals surface area contributed by atoms with Crippen molar-refractivity contribution in [2.45, 2.75) is 25.3 Å². The SMILES string of the molecule is O=C(O)c1scc2c1N1CCCCC1C(=O)N2. The van der Waals surface area contributed by atoms with Gasteiger partial charge in [-0.2, -0.15) is 0 Å². The summed E-state index contributed by atoms with van der Waals surface area (Å²) in [5.74, 6) is -0.927. The third-order valence-corrected chi connectivity index (χ3v) is 4.27. The number of piperidine rings is 1. The van der Waals surface area contributed by atoms with Crippen molar-refractivity contribution in [2.75, 3.05) is 16.8 Å². The predicted molar refractivity (Wildman–Crippen MR) is 64.9 cm³/mol. The molecule has 1 saturated heterocycles. The number of fused-ring (bicyclic) bond motifs is 3. The molecular formula is C11H12N2O3S. The van der Waals surface area contributed by atoms with Crippen molar-refractivity contribution >= 4 is 34.6 Å². The fourth-order valence-corrected chi connectivity index (χ4v) is 3.41. The van der Waals surface area contributed by atoms with Crippen LogP contribution in [0.25, 0.3) is 0 Å². The molecule has 1 unspecified atom stereocenters. The van der Waals surface area contributed by atoms with Crippen LogP contribution in [0.5, 0.6) is 0 Å². The standard InChI is InChI=1S/C11H12N2O3S/c14-10-7-3-1-2-4-13(7)8-6(12-10)5-17-9(8)11(15)16/h5,7H,1-4H2,(H,12,14)(H,15,16). The molecule has 0 aromatic carbocycles. The van der Waals surface area contributed by atoms with Gasteiger partial charge in [0.2, 0.25) is 5.91 Å². The van der Waals surface area contributed by atoms with Crippen LogP contribution in [0.1, 0.15) is 28.9 Å². The number of hydrogen-bond acceptors (Lipinski definition) is 4. The van der Waals surface area contributed by atoms with Crippen molar-refractivity contribution < 1.29 is 14.7 Å². The highest BCUT2D eigenvalue weighted by atomic mass is 32.1. The van der Waals surface area contributed by atoms with Crippen LogP contribution in [0.3, 0.4) is 0 Å². The molecule has 0 spiro atoms. The Morgan fingerprint density at radius 3 is 3.12 bits per heavy atom. The highest BCUT2D eigenvalue weighted by molar-refractivity contribution is 7.13. The molecule has 2 aliphatic rings. The molecule has 1 aromatic heterocycles. The minimum Gasteiger partial charge on any atom is -0.477 e. The van der Waals surface area contributed by atoms with Crippen LogP contribution in [0.4, 0.5) is 11.4 Å². The lowest BCUT2D eigenvalue weighted by Gasteiger charge is -2.40. The second-order valence-corrected chi connectivity index (χ2v) is 5.21. The summed E-state index contributed by atoms with van der Waals surface area (Å²) in [7, 11) is 0. The number of carbonyl (C=O) groups excluding carboxylic acids is 1. The zero-order valence-corrected chi connectivity index (χ0v) is 9.92. The van der Waals surface area contributed by atoms with E-state index in [2.05, 4.69) is 5.32 Å². The quantitative estimate of drug-likeness (QED) is 0.799. The summed E-state index contributed by atoms with van der Waals surface area (Å²) in [4.78, 5) is 25.3. The van der Waals surface area contributed by atoms with Gasteiger partial charge in [0.25, 0.3) is 0 Å². The molecule has 0 saturated carbocycles. The molecule has 0 radical (unpaired) electrons. The zero-order valence-electron chi connectivity index (χ0n) is 9.10. The van der Waals surface area contributed by atoms with Crippen molar-refractivity contribution in [3.63, 3.8) is 0 Å². The lowest BCUT2D eigenvalue weighted by atomic mass is 9.98. The molecule has 17 heavy (non-hydrogen) atoms. The molecule has 2 N–H and O–H groups in total.